The number of anilines is 2. The molecule has 5 rings (SSSR count). The van der Waals surface area contributed by atoms with Gasteiger partial charge in [-0.2, -0.15) is 0 Å². The van der Waals surface area contributed by atoms with Gasteiger partial charge in [0, 0.05) is 53.1 Å². The highest BCUT2D eigenvalue weighted by Gasteiger charge is 2.44. The topological polar surface area (TPSA) is 47.6 Å². The lowest BCUT2D eigenvalue weighted by Gasteiger charge is -2.38. The van der Waals surface area contributed by atoms with E-state index in [9.17, 15) is 4.79 Å². The Morgan fingerprint density at radius 2 is 2.00 bits per heavy atom. The van der Waals surface area contributed by atoms with Gasteiger partial charge in [0.1, 0.15) is 0 Å². The molecule has 3 aliphatic rings. The Labute approximate surface area is 186 Å². The van der Waals surface area contributed by atoms with Gasteiger partial charge in [0.15, 0.2) is 0 Å². The third-order valence-electron chi connectivity index (χ3n) is 6.56. The van der Waals surface area contributed by atoms with E-state index in [2.05, 4.69) is 61.2 Å². The summed E-state index contributed by atoms with van der Waals surface area (Å²) < 4.78 is 1.16. The van der Waals surface area contributed by atoms with Gasteiger partial charge in [-0.25, -0.2) is 4.79 Å². The summed E-state index contributed by atoms with van der Waals surface area (Å²) in [5, 5.41) is 5.88. The summed E-state index contributed by atoms with van der Waals surface area (Å²) in [5.41, 5.74) is 5.50. The number of para-hydroxylation sites is 1. The van der Waals surface area contributed by atoms with E-state index in [1.807, 2.05) is 24.3 Å². The molecule has 2 atom stereocenters. The molecule has 1 saturated heterocycles. The predicted octanol–water partition coefficient (Wildman–Crippen LogP) is 4.04. The number of nitrogens with zero attached hydrogens (tertiary/aromatic N) is 2. The van der Waals surface area contributed by atoms with E-state index in [0.29, 0.717) is 18.5 Å². The molecule has 3 aliphatic heterocycles. The maximum atomic E-state index is 12.1. The Bertz CT molecular complexity index is 900. The van der Waals surface area contributed by atoms with Crippen LogP contribution in [0.25, 0.3) is 0 Å². The van der Waals surface area contributed by atoms with Gasteiger partial charge in [0.25, 0.3) is 0 Å². The number of hydrogen-bond donors (Lipinski definition) is 2. The number of piperidine rings is 1. The molecule has 0 saturated carbocycles. The first-order valence-electron chi connectivity index (χ1n) is 10.6. The molecule has 2 N–H and O–H groups in total. The molecule has 0 spiro atoms. The van der Waals surface area contributed by atoms with Gasteiger partial charge in [-0.05, 0) is 83.8 Å². The van der Waals surface area contributed by atoms with Gasteiger partial charge in [-0.1, -0.05) is 18.2 Å². The van der Waals surface area contributed by atoms with Crippen molar-refractivity contribution in [1.29, 1.82) is 0 Å². The first-order chi connectivity index (χ1) is 14.2. The van der Waals surface area contributed by atoms with Crippen molar-refractivity contribution in [2.24, 2.45) is 0 Å². The Morgan fingerprint density at radius 1 is 1.14 bits per heavy atom. The molecule has 1 fully saturated rings. The van der Waals surface area contributed by atoms with E-state index >= 15 is 0 Å². The summed E-state index contributed by atoms with van der Waals surface area (Å²) >= 11 is 2.26. The molecule has 152 valence electrons. The highest BCUT2D eigenvalue weighted by Crippen LogP contribution is 2.49. The Balaban J connectivity index is 1.09. The number of carbonyl (C=O) groups excluding carboxylic acids is 1. The van der Waals surface area contributed by atoms with E-state index in [1.165, 1.54) is 19.4 Å². The molecule has 5 nitrogen and oxygen atoms in total. The fourth-order valence-corrected chi connectivity index (χ4v) is 5.61. The first kappa shape index (κ1) is 19.2. The number of carbonyl (C=O) groups is 1. The third-order valence-corrected chi connectivity index (χ3v) is 7.28. The number of fused-ring (bicyclic) bond motifs is 3. The molecule has 2 amide bonds. The van der Waals surface area contributed by atoms with Crippen LogP contribution in [0.2, 0.25) is 0 Å². The van der Waals surface area contributed by atoms with Gasteiger partial charge >= 0.3 is 6.03 Å². The minimum Gasteiger partial charge on any atom is -0.367 e. The molecule has 2 aromatic rings. The summed E-state index contributed by atoms with van der Waals surface area (Å²) in [6, 6.07) is 15.3. The van der Waals surface area contributed by atoms with E-state index in [0.717, 1.165) is 35.3 Å². The number of rotatable bonds is 5. The molecule has 29 heavy (non-hydrogen) atoms. The standard InChI is InChI=1S/C23H27IN4O/c24-17-5-7-18(8-6-17)26-23(29)25-11-2-12-27-13-10-21-20(15-27)19-4-1-3-16-9-14-28(21)22(16)19/h1,3-8,20-21H,2,9-15H2,(H2,25,26,29)/t20-,21-/m1/s1. The summed E-state index contributed by atoms with van der Waals surface area (Å²) in [6.07, 6.45) is 3.44. The molecule has 6 heteroatoms. The second-order valence-electron chi connectivity index (χ2n) is 8.30. The van der Waals surface area contributed by atoms with Gasteiger partial charge < -0.3 is 20.4 Å². The van der Waals surface area contributed by atoms with Gasteiger partial charge in [-0.3, -0.25) is 0 Å². The Hall–Kier alpha value is -1.80. The maximum absolute atomic E-state index is 12.1. The van der Waals surface area contributed by atoms with Crippen molar-refractivity contribution >= 4 is 40.0 Å². The molecular weight excluding hydrogens is 475 g/mol. The lowest BCUT2D eigenvalue weighted by atomic mass is 9.88. The molecular formula is C23H27IN4O. The highest BCUT2D eigenvalue weighted by atomic mass is 127. The molecule has 0 aliphatic carbocycles. The van der Waals surface area contributed by atoms with Crippen LogP contribution in [-0.4, -0.2) is 49.7 Å². The normalized spacial score (nSPS) is 22.3. The van der Waals surface area contributed by atoms with Gasteiger partial charge in [0.05, 0.1) is 0 Å². The van der Waals surface area contributed by atoms with Crippen molar-refractivity contribution in [1.82, 2.24) is 10.2 Å². The number of hydrogen-bond acceptors (Lipinski definition) is 3. The average Bonchev–Trinajstić information content (AvgIpc) is 3.30. The van der Waals surface area contributed by atoms with E-state index in [1.54, 1.807) is 16.8 Å². The van der Waals surface area contributed by atoms with Crippen LogP contribution < -0.4 is 15.5 Å². The van der Waals surface area contributed by atoms with Gasteiger partial charge in [0.2, 0.25) is 0 Å². The number of likely N-dealkylation sites (tertiary alicyclic amines) is 1. The summed E-state index contributed by atoms with van der Waals surface area (Å²) in [6.45, 7) is 5.26. The summed E-state index contributed by atoms with van der Waals surface area (Å²) in [4.78, 5) is 17.3. The summed E-state index contributed by atoms with van der Waals surface area (Å²) in [5.74, 6) is 0.649. The van der Waals surface area contributed by atoms with Crippen LogP contribution in [0, 0.1) is 3.57 Å². The number of benzene rings is 2. The first-order valence-corrected chi connectivity index (χ1v) is 11.7. The average molecular weight is 502 g/mol. The SMILES string of the molecule is O=C(NCCCN1CC[C@@H]2[C@H](C1)c1cccc3c1N2CC3)Nc1ccc(I)cc1. The van der Waals surface area contributed by atoms with Crippen molar-refractivity contribution in [3.63, 3.8) is 0 Å². The van der Waals surface area contributed by atoms with Crippen molar-refractivity contribution in [2.45, 2.75) is 31.2 Å². The summed E-state index contributed by atoms with van der Waals surface area (Å²) in [7, 11) is 0. The number of nitrogens with one attached hydrogen (secondary N) is 2. The monoisotopic (exact) mass is 502 g/mol. The highest BCUT2D eigenvalue weighted by molar-refractivity contribution is 14.1. The Kier molecular flexibility index (Phi) is 5.39. The largest absolute Gasteiger partial charge is 0.367 e. The minimum atomic E-state index is -0.125. The minimum absolute atomic E-state index is 0.125. The maximum Gasteiger partial charge on any atom is 0.319 e. The number of urea groups is 1. The lowest BCUT2D eigenvalue weighted by Crippen LogP contribution is -2.46. The van der Waals surface area contributed by atoms with Crippen LogP contribution in [0.4, 0.5) is 16.2 Å². The third kappa shape index (κ3) is 3.84. The molecule has 0 radical (unpaired) electrons. The van der Waals surface area contributed by atoms with Crippen LogP contribution in [0.3, 0.4) is 0 Å². The van der Waals surface area contributed by atoms with Crippen LogP contribution in [0.1, 0.15) is 29.9 Å². The van der Waals surface area contributed by atoms with Crippen LogP contribution in [0.5, 0.6) is 0 Å². The lowest BCUT2D eigenvalue weighted by molar-refractivity contribution is 0.191. The van der Waals surface area contributed by atoms with Crippen LogP contribution in [-0.2, 0) is 6.42 Å². The van der Waals surface area contributed by atoms with E-state index < -0.39 is 0 Å². The zero-order valence-electron chi connectivity index (χ0n) is 16.5. The fourth-order valence-electron chi connectivity index (χ4n) is 5.25. The zero-order valence-corrected chi connectivity index (χ0v) is 18.7. The molecule has 3 heterocycles. The van der Waals surface area contributed by atoms with Crippen LogP contribution in [0.15, 0.2) is 42.5 Å². The molecule has 0 bridgehead atoms. The second kappa shape index (κ2) is 8.14. The predicted molar refractivity (Wildman–Crippen MR) is 126 cm³/mol. The number of halogens is 1. The van der Waals surface area contributed by atoms with Crippen molar-refractivity contribution < 1.29 is 4.79 Å². The fraction of sp³-hybridized carbons (Fsp3) is 0.435. The number of amides is 2. The molecule has 2 aromatic carbocycles. The molecule has 0 aromatic heterocycles. The van der Waals surface area contributed by atoms with Crippen molar-refractivity contribution in [2.75, 3.05) is 42.9 Å². The van der Waals surface area contributed by atoms with E-state index in [4.69, 9.17) is 0 Å². The second-order valence-corrected chi connectivity index (χ2v) is 9.55. The van der Waals surface area contributed by atoms with Gasteiger partial charge in [-0.15, -0.1) is 0 Å². The molecule has 0 unspecified atom stereocenters. The van der Waals surface area contributed by atoms with E-state index in [-0.39, 0.29) is 6.03 Å². The quantitative estimate of drug-likeness (QED) is 0.480. The van der Waals surface area contributed by atoms with Crippen molar-refractivity contribution in [3.8, 4) is 0 Å². The zero-order chi connectivity index (χ0) is 19.8. The van der Waals surface area contributed by atoms with Crippen molar-refractivity contribution in [3.05, 3.63) is 57.2 Å². The smallest absolute Gasteiger partial charge is 0.319 e. The van der Waals surface area contributed by atoms with Crippen LogP contribution >= 0.6 is 22.6 Å². The Morgan fingerprint density at radius 3 is 2.86 bits per heavy atom.